The van der Waals surface area contributed by atoms with Crippen LogP contribution in [0.3, 0.4) is 0 Å². The number of aromatic nitrogens is 2. The molecular weight excluding hydrogens is 400 g/mol. The van der Waals surface area contributed by atoms with E-state index in [1.165, 1.54) is 6.92 Å². The smallest absolute Gasteiger partial charge is 0.342 e. The highest BCUT2D eigenvalue weighted by molar-refractivity contribution is 6.30. The number of aryl methyl sites for hydroxylation is 1. The van der Waals surface area contributed by atoms with Crippen molar-refractivity contribution >= 4 is 29.4 Å². The van der Waals surface area contributed by atoms with Crippen molar-refractivity contribution in [2.75, 3.05) is 12.4 Å². The highest BCUT2D eigenvalue weighted by Gasteiger charge is 2.26. The summed E-state index contributed by atoms with van der Waals surface area (Å²) in [5.41, 5.74) is -0.701. The molecule has 0 spiro atoms. The molecule has 2 N–H and O–H groups in total. The van der Waals surface area contributed by atoms with Gasteiger partial charge in [-0.15, -0.1) is 0 Å². The molecule has 2 heterocycles. The van der Waals surface area contributed by atoms with E-state index >= 15 is 0 Å². The molecule has 0 saturated heterocycles. The van der Waals surface area contributed by atoms with Gasteiger partial charge in [-0.25, -0.2) is 9.78 Å². The molecule has 3 aromatic rings. The highest BCUT2D eigenvalue weighted by atomic mass is 35.5. The summed E-state index contributed by atoms with van der Waals surface area (Å²) in [6.45, 7) is 1.44. The molecule has 1 aromatic carbocycles. The van der Waals surface area contributed by atoms with Gasteiger partial charge in [0.1, 0.15) is 34.3 Å². The van der Waals surface area contributed by atoms with Crippen LogP contribution in [0.5, 0.6) is 0 Å². The van der Waals surface area contributed by atoms with E-state index in [1.807, 2.05) is 0 Å². The molecule has 1 amide bonds. The fourth-order valence-corrected chi connectivity index (χ4v) is 2.69. The van der Waals surface area contributed by atoms with Crippen molar-refractivity contribution in [2.24, 2.45) is 0 Å². The van der Waals surface area contributed by atoms with Gasteiger partial charge in [-0.1, -0.05) is 11.6 Å². The first-order valence-corrected chi connectivity index (χ1v) is 8.52. The number of benzene rings is 1. The zero-order valence-electron chi connectivity index (χ0n) is 15.2. The average Bonchev–Trinajstić information content (AvgIpc) is 3.02. The number of hydrogen-bond acceptors (Lipinski definition) is 7. The van der Waals surface area contributed by atoms with Crippen molar-refractivity contribution in [2.45, 2.75) is 6.92 Å². The van der Waals surface area contributed by atoms with Gasteiger partial charge in [-0.05, 0) is 31.2 Å². The van der Waals surface area contributed by atoms with Crippen molar-refractivity contribution in [1.29, 1.82) is 5.26 Å². The maximum absolute atomic E-state index is 12.5. The molecule has 0 radical (unpaired) electrons. The molecule has 0 fully saturated rings. The van der Waals surface area contributed by atoms with E-state index in [0.717, 1.165) is 13.3 Å². The summed E-state index contributed by atoms with van der Waals surface area (Å²) in [4.78, 5) is 43.2. The van der Waals surface area contributed by atoms with Crippen LogP contribution in [-0.2, 0) is 4.74 Å². The number of ether oxygens (including phenoxy) is 1. The number of anilines is 1. The van der Waals surface area contributed by atoms with Crippen LogP contribution in [0.2, 0.25) is 5.02 Å². The Morgan fingerprint density at radius 1 is 1.31 bits per heavy atom. The fraction of sp³-hybridized carbons (Fsp3) is 0.105. The number of nitrogens with one attached hydrogen (secondary N) is 2. The summed E-state index contributed by atoms with van der Waals surface area (Å²) >= 11 is 5.83. The minimum atomic E-state index is -0.858. The quantitative estimate of drug-likeness (QED) is 0.628. The monoisotopic (exact) mass is 412 g/mol. The van der Waals surface area contributed by atoms with E-state index < -0.39 is 17.4 Å². The maximum atomic E-state index is 12.5. The minimum absolute atomic E-state index is 0.0915. The number of aromatic amines is 1. The minimum Gasteiger partial charge on any atom is -0.465 e. The van der Waals surface area contributed by atoms with Gasteiger partial charge in [0, 0.05) is 16.8 Å². The number of esters is 1. The summed E-state index contributed by atoms with van der Waals surface area (Å²) in [6, 6.07) is 8.39. The molecule has 146 valence electrons. The van der Waals surface area contributed by atoms with Gasteiger partial charge in [0.15, 0.2) is 0 Å². The van der Waals surface area contributed by atoms with E-state index in [-0.39, 0.29) is 34.2 Å². The van der Waals surface area contributed by atoms with E-state index in [9.17, 15) is 19.6 Å². The van der Waals surface area contributed by atoms with E-state index in [2.05, 4.69) is 20.0 Å². The summed E-state index contributed by atoms with van der Waals surface area (Å²) in [5.74, 6) is -1.56. The number of carbonyl (C=O) groups is 2. The van der Waals surface area contributed by atoms with E-state index in [0.29, 0.717) is 10.6 Å². The van der Waals surface area contributed by atoms with Gasteiger partial charge in [-0.3, -0.25) is 14.9 Å². The molecule has 3 rings (SSSR count). The first-order valence-electron chi connectivity index (χ1n) is 8.14. The van der Waals surface area contributed by atoms with Crippen molar-refractivity contribution in [3.05, 3.63) is 68.3 Å². The number of furan rings is 1. The SMILES string of the molecule is COC(=O)c1c(C)oc(NC(=O)c2cnc(-c3ccc(Cl)cc3)[nH]c2=O)c1C#N. The van der Waals surface area contributed by atoms with Crippen LogP contribution in [0, 0.1) is 18.3 Å². The molecule has 0 aliphatic heterocycles. The normalized spacial score (nSPS) is 10.3. The second-order valence-corrected chi connectivity index (χ2v) is 6.21. The topological polar surface area (TPSA) is 138 Å². The van der Waals surface area contributed by atoms with Crippen molar-refractivity contribution in [3.8, 4) is 17.5 Å². The van der Waals surface area contributed by atoms with Crippen molar-refractivity contribution < 1.29 is 18.7 Å². The van der Waals surface area contributed by atoms with Crippen LogP contribution in [-0.4, -0.2) is 29.0 Å². The Hall–Kier alpha value is -3.90. The molecule has 10 heteroatoms. The Morgan fingerprint density at radius 2 is 2.00 bits per heavy atom. The Labute approximate surface area is 168 Å². The zero-order chi connectivity index (χ0) is 21.1. The predicted molar refractivity (Wildman–Crippen MR) is 103 cm³/mol. The lowest BCUT2D eigenvalue weighted by Crippen LogP contribution is -2.24. The number of H-pyrrole nitrogens is 1. The molecule has 0 unspecified atom stereocenters. The number of carbonyl (C=O) groups excluding carboxylic acids is 2. The van der Waals surface area contributed by atoms with Crippen LogP contribution in [0.4, 0.5) is 5.88 Å². The van der Waals surface area contributed by atoms with Gasteiger partial charge < -0.3 is 14.1 Å². The van der Waals surface area contributed by atoms with Crippen LogP contribution >= 0.6 is 11.6 Å². The summed E-state index contributed by atoms with van der Waals surface area (Å²) in [6.07, 6.45) is 1.10. The summed E-state index contributed by atoms with van der Waals surface area (Å²) in [7, 11) is 1.15. The van der Waals surface area contributed by atoms with Crippen molar-refractivity contribution in [1.82, 2.24) is 9.97 Å². The number of nitriles is 1. The van der Waals surface area contributed by atoms with Crippen LogP contribution in [0.25, 0.3) is 11.4 Å². The molecule has 0 bridgehead atoms. The number of hydrogen-bond donors (Lipinski definition) is 2. The predicted octanol–water partition coefficient (Wildman–Crippen LogP) is 2.90. The first-order chi connectivity index (χ1) is 13.8. The number of methoxy groups -OCH3 is 1. The molecule has 0 atom stereocenters. The lowest BCUT2D eigenvalue weighted by atomic mass is 10.1. The van der Waals surface area contributed by atoms with Gasteiger partial charge in [0.05, 0.1) is 7.11 Å². The number of amides is 1. The Bertz CT molecular complexity index is 1200. The highest BCUT2D eigenvalue weighted by Crippen LogP contribution is 2.27. The molecule has 0 aliphatic carbocycles. The second-order valence-electron chi connectivity index (χ2n) is 5.78. The molecular formula is C19H13ClN4O5. The molecule has 0 aliphatic rings. The molecule has 2 aromatic heterocycles. The van der Waals surface area contributed by atoms with Crippen molar-refractivity contribution in [3.63, 3.8) is 0 Å². The Morgan fingerprint density at radius 3 is 2.59 bits per heavy atom. The zero-order valence-corrected chi connectivity index (χ0v) is 16.0. The third-order valence-electron chi connectivity index (χ3n) is 3.97. The first kappa shape index (κ1) is 19.9. The van der Waals surface area contributed by atoms with Gasteiger partial charge in [-0.2, -0.15) is 5.26 Å². The number of halogens is 1. The average molecular weight is 413 g/mol. The number of rotatable bonds is 4. The Balaban J connectivity index is 1.91. The third-order valence-corrected chi connectivity index (χ3v) is 4.23. The Kier molecular flexibility index (Phi) is 5.47. The lowest BCUT2D eigenvalue weighted by molar-refractivity contribution is 0.0598. The molecule has 0 saturated carbocycles. The van der Waals surface area contributed by atoms with E-state index in [1.54, 1.807) is 30.3 Å². The summed E-state index contributed by atoms with van der Waals surface area (Å²) in [5, 5.41) is 12.2. The fourth-order valence-electron chi connectivity index (χ4n) is 2.57. The maximum Gasteiger partial charge on any atom is 0.342 e. The largest absolute Gasteiger partial charge is 0.465 e. The van der Waals surface area contributed by atoms with Gasteiger partial charge in [0.25, 0.3) is 11.5 Å². The second kappa shape index (κ2) is 8.00. The summed E-state index contributed by atoms with van der Waals surface area (Å²) < 4.78 is 9.90. The van der Waals surface area contributed by atoms with Gasteiger partial charge in [0.2, 0.25) is 5.88 Å². The molecule has 29 heavy (non-hydrogen) atoms. The van der Waals surface area contributed by atoms with Crippen LogP contribution in [0.1, 0.15) is 32.0 Å². The van der Waals surface area contributed by atoms with Gasteiger partial charge >= 0.3 is 5.97 Å². The third kappa shape index (κ3) is 3.88. The van der Waals surface area contributed by atoms with Crippen LogP contribution < -0.4 is 10.9 Å². The molecule has 9 nitrogen and oxygen atoms in total. The lowest BCUT2D eigenvalue weighted by Gasteiger charge is -2.04. The number of nitrogens with zero attached hydrogens (tertiary/aromatic N) is 2. The van der Waals surface area contributed by atoms with E-state index in [4.69, 9.17) is 16.0 Å². The standard InChI is InChI=1S/C19H13ClN4O5/c1-9-14(19(27)28-2)12(7-21)18(29-9)24-17(26)13-8-22-15(23-16(13)25)10-3-5-11(20)6-4-10/h3-6,8H,1-2H3,(H,24,26)(H,22,23,25). The van der Waals surface area contributed by atoms with Crippen LogP contribution in [0.15, 0.2) is 39.7 Å².